The standard InChI is InChI=1S/C28H28F6N2O5/c1-26(35-25(38)40-16-18-13-20(27(29,30)31)15-21(14-18)28(32,33)34)10-9-19-12-17(5-7-22(19)26)6-8-23(37)36-41-24-4-2-3-11-39-24/h5-8,12-15,24H,2-4,9-11,16H2,1H3,(H,35,38)(H,36,37)/b8-6+. The topological polar surface area (TPSA) is 85.9 Å². The van der Waals surface area contributed by atoms with Gasteiger partial charge in [0.25, 0.3) is 5.91 Å². The number of hydrogen-bond acceptors (Lipinski definition) is 5. The number of alkyl halides is 6. The number of fused-ring (bicyclic) bond motifs is 1. The molecule has 1 saturated heterocycles. The molecule has 0 saturated carbocycles. The molecule has 7 nitrogen and oxygen atoms in total. The second-order valence-electron chi connectivity index (χ2n) is 10.1. The van der Waals surface area contributed by atoms with Gasteiger partial charge >= 0.3 is 18.4 Å². The lowest BCUT2D eigenvalue weighted by Crippen LogP contribution is -2.42. The fourth-order valence-corrected chi connectivity index (χ4v) is 4.76. The van der Waals surface area contributed by atoms with Gasteiger partial charge in [-0.25, -0.2) is 15.1 Å². The molecule has 1 aliphatic carbocycles. The average molecular weight is 587 g/mol. The molecule has 2 aliphatic rings. The number of alkyl carbamates (subject to hydrolysis) is 1. The molecule has 0 aromatic heterocycles. The van der Waals surface area contributed by atoms with E-state index < -0.39 is 59.5 Å². The fourth-order valence-electron chi connectivity index (χ4n) is 4.76. The van der Waals surface area contributed by atoms with Gasteiger partial charge in [0.15, 0.2) is 6.29 Å². The summed E-state index contributed by atoms with van der Waals surface area (Å²) in [6.45, 7) is 1.53. The third kappa shape index (κ3) is 8.00. The van der Waals surface area contributed by atoms with Gasteiger partial charge in [-0.15, -0.1) is 0 Å². The van der Waals surface area contributed by atoms with Crippen molar-refractivity contribution < 1.29 is 50.2 Å². The predicted molar refractivity (Wildman–Crippen MR) is 134 cm³/mol. The van der Waals surface area contributed by atoms with Gasteiger partial charge in [-0.1, -0.05) is 18.2 Å². The van der Waals surface area contributed by atoms with Gasteiger partial charge < -0.3 is 14.8 Å². The minimum atomic E-state index is -5.01. The van der Waals surface area contributed by atoms with Crippen LogP contribution in [-0.4, -0.2) is 24.9 Å². The van der Waals surface area contributed by atoms with E-state index in [1.807, 2.05) is 6.07 Å². The van der Waals surface area contributed by atoms with Crippen LogP contribution in [-0.2, 0) is 50.0 Å². The maximum Gasteiger partial charge on any atom is 0.416 e. The minimum Gasteiger partial charge on any atom is -0.445 e. The first kappa shape index (κ1) is 30.4. The van der Waals surface area contributed by atoms with Crippen molar-refractivity contribution in [1.29, 1.82) is 0 Å². The van der Waals surface area contributed by atoms with Crippen molar-refractivity contribution >= 4 is 18.1 Å². The molecule has 2 aromatic carbocycles. The largest absolute Gasteiger partial charge is 0.445 e. The maximum absolute atomic E-state index is 13.1. The first-order valence-electron chi connectivity index (χ1n) is 12.8. The number of hydroxylamine groups is 1. The molecule has 0 bridgehead atoms. The predicted octanol–water partition coefficient (Wildman–Crippen LogP) is 6.40. The Morgan fingerprint density at radius 2 is 1.76 bits per heavy atom. The van der Waals surface area contributed by atoms with Crippen molar-refractivity contribution in [2.24, 2.45) is 0 Å². The number of benzene rings is 2. The Bertz CT molecular complexity index is 1270. The summed E-state index contributed by atoms with van der Waals surface area (Å²) < 4.78 is 89.0. The van der Waals surface area contributed by atoms with Crippen LogP contribution in [0, 0.1) is 0 Å². The SMILES string of the molecule is CC1(NC(=O)OCc2cc(C(F)(F)F)cc(C(F)(F)F)c2)CCc2cc(/C=C/C(=O)NOC3CCCCO3)ccc21. The van der Waals surface area contributed by atoms with Crippen LogP contribution in [0.15, 0.2) is 42.5 Å². The molecular weight excluding hydrogens is 558 g/mol. The second kappa shape index (κ2) is 12.1. The van der Waals surface area contributed by atoms with E-state index in [-0.39, 0.29) is 6.07 Å². The van der Waals surface area contributed by atoms with Crippen LogP contribution < -0.4 is 10.8 Å². The quantitative estimate of drug-likeness (QED) is 0.223. The number of hydrogen-bond donors (Lipinski definition) is 2. The van der Waals surface area contributed by atoms with Crippen molar-refractivity contribution in [1.82, 2.24) is 10.8 Å². The molecule has 1 heterocycles. The maximum atomic E-state index is 13.1. The molecule has 0 spiro atoms. The molecule has 2 unspecified atom stereocenters. The summed E-state index contributed by atoms with van der Waals surface area (Å²) in [6, 6.07) is 6.40. The summed E-state index contributed by atoms with van der Waals surface area (Å²) >= 11 is 0. The number of nitrogens with one attached hydrogen (secondary N) is 2. The summed E-state index contributed by atoms with van der Waals surface area (Å²) in [5.41, 5.74) is 0.415. The first-order chi connectivity index (χ1) is 19.2. The molecule has 222 valence electrons. The molecule has 2 aromatic rings. The molecule has 1 fully saturated rings. The highest BCUT2D eigenvalue weighted by Gasteiger charge is 2.38. The summed E-state index contributed by atoms with van der Waals surface area (Å²) in [5, 5.41) is 2.67. The number of halogens is 6. The van der Waals surface area contributed by atoms with Crippen LogP contribution in [0.2, 0.25) is 0 Å². The first-order valence-corrected chi connectivity index (χ1v) is 12.8. The second-order valence-corrected chi connectivity index (χ2v) is 10.1. The number of ether oxygens (including phenoxy) is 2. The average Bonchev–Trinajstić information content (AvgIpc) is 3.24. The van der Waals surface area contributed by atoms with Gasteiger partial charge in [-0.05, 0) is 79.1 Å². The summed E-state index contributed by atoms with van der Waals surface area (Å²) in [5.74, 6) is -0.461. The zero-order chi connectivity index (χ0) is 29.8. The van der Waals surface area contributed by atoms with E-state index in [4.69, 9.17) is 14.3 Å². The lowest BCUT2D eigenvalue weighted by Gasteiger charge is -2.27. The Morgan fingerprint density at radius 1 is 1.05 bits per heavy atom. The smallest absolute Gasteiger partial charge is 0.416 e. The lowest BCUT2D eigenvalue weighted by molar-refractivity contribution is -0.198. The fraction of sp³-hybridized carbons (Fsp3) is 0.429. The van der Waals surface area contributed by atoms with E-state index in [1.54, 1.807) is 25.1 Å². The van der Waals surface area contributed by atoms with Gasteiger partial charge in [0.2, 0.25) is 0 Å². The van der Waals surface area contributed by atoms with Crippen LogP contribution in [0.25, 0.3) is 6.08 Å². The Hall–Kier alpha value is -3.58. The van der Waals surface area contributed by atoms with Gasteiger partial charge in [0, 0.05) is 19.1 Å². The molecule has 41 heavy (non-hydrogen) atoms. The van der Waals surface area contributed by atoms with Gasteiger partial charge in [-0.3, -0.25) is 4.79 Å². The zero-order valence-electron chi connectivity index (χ0n) is 22.0. The van der Waals surface area contributed by atoms with E-state index in [1.165, 1.54) is 6.08 Å². The molecule has 1 aliphatic heterocycles. The number of amides is 2. The molecule has 2 amide bonds. The van der Waals surface area contributed by atoms with Crippen LogP contribution in [0.5, 0.6) is 0 Å². The molecular formula is C28H28F6N2O5. The van der Waals surface area contributed by atoms with E-state index in [0.29, 0.717) is 38.0 Å². The molecule has 13 heteroatoms. The van der Waals surface area contributed by atoms with Crippen molar-refractivity contribution in [2.45, 2.75) is 69.8 Å². The van der Waals surface area contributed by atoms with Crippen LogP contribution >= 0.6 is 0 Å². The monoisotopic (exact) mass is 586 g/mol. The zero-order valence-corrected chi connectivity index (χ0v) is 22.0. The Kier molecular flexibility index (Phi) is 8.97. The Labute approximate surface area is 231 Å². The number of carbonyl (C=O) groups excluding carboxylic acids is 2. The van der Waals surface area contributed by atoms with Crippen molar-refractivity contribution in [3.8, 4) is 0 Å². The van der Waals surface area contributed by atoms with Gasteiger partial charge in [0.1, 0.15) is 6.61 Å². The molecule has 0 radical (unpaired) electrons. The van der Waals surface area contributed by atoms with E-state index in [0.717, 1.165) is 29.5 Å². The van der Waals surface area contributed by atoms with Crippen LogP contribution in [0.3, 0.4) is 0 Å². The Morgan fingerprint density at radius 3 is 2.39 bits per heavy atom. The number of carbonyl (C=O) groups is 2. The van der Waals surface area contributed by atoms with Crippen LogP contribution in [0.4, 0.5) is 31.1 Å². The van der Waals surface area contributed by atoms with E-state index in [9.17, 15) is 35.9 Å². The van der Waals surface area contributed by atoms with Gasteiger partial charge in [0.05, 0.1) is 16.7 Å². The number of rotatable bonds is 7. The van der Waals surface area contributed by atoms with Crippen LogP contribution in [0.1, 0.15) is 66.0 Å². The van der Waals surface area contributed by atoms with Crippen molar-refractivity contribution in [3.63, 3.8) is 0 Å². The summed E-state index contributed by atoms with van der Waals surface area (Å²) in [4.78, 5) is 29.8. The summed E-state index contributed by atoms with van der Waals surface area (Å²) in [7, 11) is 0. The van der Waals surface area contributed by atoms with Crippen molar-refractivity contribution in [3.05, 3.63) is 75.9 Å². The normalized spacial score (nSPS) is 21.0. The highest BCUT2D eigenvalue weighted by molar-refractivity contribution is 5.91. The van der Waals surface area contributed by atoms with Gasteiger partial charge in [-0.2, -0.15) is 26.3 Å². The third-order valence-corrected chi connectivity index (χ3v) is 6.87. The summed E-state index contributed by atoms with van der Waals surface area (Å²) in [6.07, 6.45) is -4.91. The van der Waals surface area contributed by atoms with Crippen molar-refractivity contribution in [2.75, 3.05) is 6.61 Å². The van der Waals surface area contributed by atoms with E-state index in [2.05, 4.69) is 10.8 Å². The highest BCUT2D eigenvalue weighted by atomic mass is 19.4. The third-order valence-electron chi connectivity index (χ3n) is 6.87. The number of aryl methyl sites for hydroxylation is 1. The minimum absolute atomic E-state index is 0.0101. The molecule has 2 atom stereocenters. The van der Waals surface area contributed by atoms with E-state index >= 15 is 0 Å². The molecule has 2 N–H and O–H groups in total. The lowest BCUT2D eigenvalue weighted by atomic mass is 9.93. The molecule has 4 rings (SSSR count). The highest BCUT2D eigenvalue weighted by Crippen LogP contribution is 2.38. The Balaban J connectivity index is 1.35.